The number of nitrogens with zero attached hydrogens (tertiary/aromatic N) is 1. The van der Waals surface area contributed by atoms with Gasteiger partial charge in [-0.1, -0.05) is 13.8 Å². The lowest BCUT2D eigenvalue weighted by Crippen LogP contribution is -2.12. The fourth-order valence-electron chi connectivity index (χ4n) is 1.49. The first kappa shape index (κ1) is 13.1. The van der Waals surface area contributed by atoms with E-state index in [1.54, 1.807) is 0 Å². The third-order valence-corrected chi connectivity index (χ3v) is 2.45. The highest BCUT2D eigenvalue weighted by atomic mass is 19.1. The van der Waals surface area contributed by atoms with Crippen molar-refractivity contribution in [3.63, 3.8) is 0 Å². The molecule has 3 N–H and O–H groups in total. The fraction of sp³-hybridized carbons (Fsp3) is 0.231. The highest BCUT2D eigenvalue weighted by Gasteiger charge is 2.09. The minimum atomic E-state index is -0.604. The summed E-state index contributed by atoms with van der Waals surface area (Å²) >= 11 is 0. The van der Waals surface area contributed by atoms with Crippen molar-refractivity contribution in [2.75, 3.05) is 5.73 Å². The molecule has 0 aliphatic heterocycles. The molecule has 0 saturated carbocycles. The smallest absolute Gasteiger partial charge is 0.254 e. The lowest BCUT2D eigenvalue weighted by Gasteiger charge is -2.09. The van der Waals surface area contributed by atoms with Gasteiger partial charge in [-0.3, -0.25) is 4.79 Å². The standard InChI is InChI=1S/C13H14FN3O2/c1-7(2)13-16-11(18)6-12(17-13)19-10-4-3-8(15)5-9(10)14/h3-7H,15H2,1-2H3,(H,16,17,18). The van der Waals surface area contributed by atoms with Crippen LogP contribution in [-0.2, 0) is 0 Å². The lowest BCUT2D eigenvalue weighted by atomic mass is 10.2. The number of nitrogen functional groups attached to an aromatic ring is 1. The second-order valence-electron chi connectivity index (χ2n) is 4.42. The van der Waals surface area contributed by atoms with Gasteiger partial charge in [0.1, 0.15) is 5.82 Å². The van der Waals surface area contributed by atoms with Gasteiger partial charge >= 0.3 is 0 Å². The average molecular weight is 263 g/mol. The second kappa shape index (κ2) is 5.09. The number of H-pyrrole nitrogens is 1. The molecule has 0 amide bonds. The number of aromatic nitrogens is 2. The lowest BCUT2D eigenvalue weighted by molar-refractivity contribution is 0.423. The van der Waals surface area contributed by atoms with Gasteiger partial charge in [0.05, 0.1) is 6.07 Å². The predicted molar refractivity (Wildman–Crippen MR) is 69.8 cm³/mol. The van der Waals surface area contributed by atoms with Gasteiger partial charge in [-0.05, 0) is 12.1 Å². The zero-order valence-corrected chi connectivity index (χ0v) is 10.6. The van der Waals surface area contributed by atoms with Gasteiger partial charge in [0.2, 0.25) is 5.88 Å². The normalized spacial score (nSPS) is 10.7. The Kier molecular flexibility index (Phi) is 3.50. The summed E-state index contributed by atoms with van der Waals surface area (Å²) in [5, 5.41) is 0. The molecule has 0 aliphatic rings. The Labute approximate surface area is 109 Å². The molecule has 1 aromatic heterocycles. The van der Waals surface area contributed by atoms with Crippen LogP contribution in [0.5, 0.6) is 11.6 Å². The summed E-state index contributed by atoms with van der Waals surface area (Å²) in [6.07, 6.45) is 0. The number of ether oxygens (including phenoxy) is 1. The Hall–Kier alpha value is -2.37. The van der Waals surface area contributed by atoms with Crippen LogP contribution in [0.3, 0.4) is 0 Å². The average Bonchev–Trinajstić information content (AvgIpc) is 2.32. The minimum absolute atomic E-state index is 0.0259. The fourth-order valence-corrected chi connectivity index (χ4v) is 1.49. The summed E-state index contributed by atoms with van der Waals surface area (Å²) in [5.74, 6) is -0.0582. The van der Waals surface area contributed by atoms with Crippen LogP contribution >= 0.6 is 0 Å². The maximum Gasteiger partial charge on any atom is 0.254 e. The number of hydrogen-bond acceptors (Lipinski definition) is 4. The number of aromatic amines is 1. The summed E-state index contributed by atoms with van der Waals surface area (Å²) in [6.45, 7) is 3.76. The van der Waals surface area contributed by atoms with E-state index < -0.39 is 5.82 Å². The molecular weight excluding hydrogens is 249 g/mol. The van der Waals surface area contributed by atoms with Crippen molar-refractivity contribution in [3.8, 4) is 11.6 Å². The van der Waals surface area contributed by atoms with Crippen LogP contribution in [0.25, 0.3) is 0 Å². The van der Waals surface area contributed by atoms with Crippen molar-refractivity contribution in [1.82, 2.24) is 9.97 Å². The number of rotatable bonds is 3. The van der Waals surface area contributed by atoms with Crippen LogP contribution in [0.4, 0.5) is 10.1 Å². The van der Waals surface area contributed by atoms with Crippen LogP contribution in [0.2, 0.25) is 0 Å². The molecule has 0 fully saturated rings. The van der Waals surface area contributed by atoms with Gasteiger partial charge in [-0.15, -0.1) is 0 Å². The van der Waals surface area contributed by atoms with Crippen LogP contribution in [-0.4, -0.2) is 9.97 Å². The first-order valence-electron chi connectivity index (χ1n) is 5.80. The van der Waals surface area contributed by atoms with E-state index in [1.807, 2.05) is 13.8 Å². The number of benzene rings is 1. The van der Waals surface area contributed by atoms with E-state index in [4.69, 9.17) is 10.5 Å². The summed E-state index contributed by atoms with van der Waals surface area (Å²) in [5.41, 5.74) is 5.40. The van der Waals surface area contributed by atoms with Crippen molar-refractivity contribution in [1.29, 1.82) is 0 Å². The Morgan fingerprint density at radius 2 is 2.11 bits per heavy atom. The van der Waals surface area contributed by atoms with Crippen molar-refractivity contribution >= 4 is 5.69 Å². The van der Waals surface area contributed by atoms with Gasteiger partial charge in [0.25, 0.3) is 5.56 Å². The van der Waals surface area contributed by atoms with E-state index in [9.17, 15) is 9.18 Å². The Bertz CT molecular complexity index is 653. The second-order valence-corrected chi connectivity index (χ2v) is 4.42. The number of hydrogen-bond donors (Lipinski definition) is 2. The molecule has 0 aliphatic carbocycles. The van der Waals surface area contributed by atoms with Crippen LogP contribution in [0.15, 0.2) is 29.1 Å². The molecular formula is C13H14FN3O2. The summed E-state index contributed by atoms with van der Waals surface area (Å²) in [4.78, 5) is 18.2. The molecule has 100 valence electrons. The zero-order chi connectivity index (χ0) is 14.0. The van der Waals surface area contributed by atoms with E-state index >= 15 is 0 Å². The highest BCUT2D eigenvalue weighted by molar-refractivity contribution is 5.43. The topological polar surface area (TPSA) is 81.0 Å². The Morgan fingerprint density at radius 1 is 1.37 bits per heavy atom. The number of nitrogens with two attached hydrogens (primary N) is 1. The molecule has 0 bridgehead atoms. The van der Waals surface area contributed by atoms with Gasteiger partial charge in [0, 0.05) is 17.7 Å². The number of halogens is 1. The van der Waals surface area contributed by atoms with Crippen LogP contribution in [0, 0.1) is 5.82 Å². The van der Waals surface area contributed by atoms with E-state index in [1.165, 1.54) is 18.2 Å². The SMILES string of the molecule is CC(C)c1nc(Oc2ccc(N)cc2F)cc(=O)[nH]1. The van der Waals surface area contributed by atoms with Crippen molar-refractivity contribution in [2.45, 2.75) is 19.8 Å². The molecule has 1 heterocycles. The summed E-state index contributed by atoms with van der Waals surface area (Å²) < 4.78 is 18.9. The van der Waals surface area contributed by atoms with Gasteiger partial charge in [0.15, 0.2) is 11.6 Å². The molecule has 19 heavy (non-hydrogen) atoms. The first-order valence-corrected chi connectivity index (χ1v) is 5.80. The van der Waals surface area contributed by atoms with Crippen LogP contribution < -0.4 is 16.0 Å². The summed E-state index contributed by atoms with van der Waals surface area (Å²) in [6, 6.07) is 5.21. The first-order chi connectivity index (χ1) is 8.95. The monoisotopic (exact) mass is 263 g/mol. The molecule has 1 aromatic carbocycles. The largest absolute Gasteiger partial charge is 0.436 e. The third-order valence-electron chi connectivity index (χ3n) is 2.45. The predicted octanol–water partition coefficient (Wildman–Crippen LogP) is 2.41. The van der Waals surface area contributed by atoms with E-state index in [0.29, 0.717) is 11.5 Å². The maximum atomic E-state index is 13.6. The van der Waals surface area contributed by atoms with Crippen molar-refractivity contribution < 1.29 is 9.13 Å². The number of nitrogens with one attached hydrogen (secondary N) is 1. The molecule has 6 heteroatoms. The van der Waals surface area contributed by atoms with E-state index in [2.05, 4.69) is 9.97 Å². The zero-order valence-electron chi connectivity index (χ0n) is 10.6. The Morgan fingerprint density at radius 3 is 2.74 bits per heavy atom. The molecule has 0 unspecified atom stereocenters. The minimum Gasteiger partial charge on any atom is -0.436 e. The summed E-state index contributed by atoms with van der Waals surface area (Å²) in [7, 11) is 0. The molecule has 0 radical (unpaired) electrons. The molecule has 0 spiro atoms. The number of anilines is 1. The highest BCUT2D eigenvalue weighted by Crippen LogP contribution is 2.24. The van der Waals surface area contributed by atoms with Gasteiger partial charge in [-0.2, -0.15) is 4.98 Å². The van der Waals surface area contributed by atoms with Gasteiger partial charge in [-0.25, -0.2) is 4.39 Å². The molecule has 2 aromatic rings. The van der Waals surface area contributed by atoms with Gasteiger partial charge < -0.3 is 15.5 Å². The molecule has 5 nitrogen and oxygen atoms in total. The van der Waals surface area contributed by atoms with Crippen molar-refractivity contribution in [3.05, 3.63) is 46.3 Å². The Balaban J connectivity index is 2.35. The quantitative estimate of drug-likeness (QED) is 0.833. The molecule has 2 rings (SSSR count). The van der Waals surface area contributed by atoms with E-state index in [-0.39, 0.29) is 23.1 Å². The third kappa shape index (κ3) is 3.09. The van der Waals surface area contributed by atoms with E-state index in [0.717, 1.165) is 6.07 Å². The van der Waals surface area contributed by atoms with Crippen LogP contribution in [0.1, 0.15) is 25.6 Å². The maximum absolute atomic E-state index is 13.6. The van der Waals surface area contributed by atoms with Crippen molar-refractivity contribution in [2.24, 2.45) is 0 Å². The molecule has 0 saturated heterocycles. The molecule has 0 atom stereocenters.